The number of nitrogens with zero attached hydrogens (tertiary/aromatic N) is 3. The van der Waals surface area contributed by atoms with Crippen LogP contribution in [0.5, 0.6) is 0 Å². The van der Waals surface area contributed by atoms with Crippen molar-refractivity contribution in [2.45, 2.75) is 38.8 Å². The van der Waals surface area contributed by atoms with Gasteiger partial charge < -0.3 is 20.9 Å². The van der Waals surface area contributed by atoms with Crippen molar-refractivity contribution in [2.24, 2.45) is 10.7 Å². The standard InChI is InChI=1S/C30H31ClFN5O2/c1-17-7-21(31)13-24(8-17)37-16-35-27-9-18(2)25(19-10-20(29(33)38)12-22(32)11-19)14-26(27)28(37)30(39)36(3)15-23-5-4-6-34-23/h7-14,16,23,28,34H,4-6,15H2,1-3H3,(H2,33,38)/t23-,28+/m0/s1. The molecule has 3 aromatic carbocycles. The number of likely N-dealkylation sites (N-methyl/N-ethyl adjacent to an activating group) is 1. The maximum absolute atomic E-state index is 14.5. The van der Waals surface area contributed by atoms with Crippen molar-refractivity contribution in [3.8, 4) is 11.1 Å². The molecule has 0 bridgehead atoms. The lowest BCUT2D eigenvalue weighted by molar-refractivity contribution is -0.131. The summed E-state index contributed by atoms with van der Waals surface area (Å²) >= 11 is 6.41. The first-order valence-electron chi connectivity index (χ1n) is 12.9. The summed E-state index contributed by atoms with van der Waals surface area (Å²) in [6, 6.07) is 12.9. The molecule has 1 saturated heterocycles. The third-order valence-corrected chi connectivity index (χ3v) is 7.57. The summed E-state index contributed by atoms with van der Waals surface area (Å²) in [4.78, 5) is 34.3. The van der Waals surface area contributed by atoms with Crippen LogP contribution in [0.2, 0.25) is 5.02 Å². The minimum atomic E-state index is -0.731. The average molecular weight is 548 g/mol. The monoisotopic (exact) mass is 547 g/mol. The van der Waals surface area contributed by atoms with Crippen molar-refractivity contribution in [1.82, 2.24) is 10.2 Å². The number of halogens is 2. The fourth-order valence-electron chi connectivity index (χ4n) is 5.46. The van der Waals surface area contributed by atoms with E-state index in [1.807, 2.05) is 56.1 Å². The van der Waals surface area contributed by atoms with Gasteiger partial charge in [-0.2, -0.15) is 0 Å². The largest absolute Gasteiger partial charge is 0.366 e. The second kappa shape index (κ2) is 10.8. The Labute approximate surface area is 232 Å². The number of anilines is 1. The number of primary amides is 1. The predicted molar refractivity (Wildman–Crippen MR) is 153 cm³/mol. The molecule has 3 aromatic rings. The SMILES string of the molecule is Cc1cc(Cl)cc(N2C=Nc3cc(C)c(-c4cc(F)cc(C(N)=O)c4)cc3[C@@H]2C(=O)N(C)C[C@@H]2CCCN2)c1. The molecule has 2 amide bonds. The topological polar surface area (TPSA) is 91.0 Å². The van der Waals surface area contributed by atoms with Gasteiger partial charge in [-0.25, -0.2) is 9.38 Å². The molecule has 0 radical (unpaired) electrons. The van der Waals surface area contributed by atoms with Gasteiger partial charge in [-0.15, -0.1) is 0 Å². The third kappa shape index (κ3) is 5.53. The van der Waals surface area contributed by atoms with Gasteiger partial charge in [0.15, 0.2) is 0 Å². The maximum Gasteiger partial charge on any atom is 0.250 e. The number of aliphatic imine (C=N–C) groups is 1. The van der Waals surface area contributed by atoms with E-state index in [0.717, 1.165) is 42.3 Å². The van der Waals surface area contributed by atoms with Crippen LogP contribution in [-0.2, 0) is 4.79 Å². The number of amides is 2. The molecule has 2 aliphatic rings. The Bertz CT molecular complexity index is 1460. The fraction of sp³-hybridized carbons (Fsp3) is 0.300. The van der Waals surface area contributed by atoms with Crippen molar-refractivity contribution >= 4 is 41.1 Å². The molecule has 0 unspecified atom stereocenters. The molecule has 2 atom stereocenters. The Morgan fingerprint density at radius 1 is 1.15 bits per heavy atom. The van der Waals surface area contributed by atoms with Gasteiger partial charge in [-0.3, -0.25) is 9.59 Å². The smallest absolute Gasteiger partial charge is 0.250 e. The zero-order valence-electron chi connectivity index (χ0n) is 22.2. The van der Waals surface area contributed by atoms with E-state index < -0.39 is 17.8 Å². The molecule has 3 N–H and O–H groups in total. The van der Waals surface area contributed by atoms with Crippen LogP contribution in [0.15, 0.2) is 53.5 Å². The quantitative estimate of drug-likeness (QED) is 0.438. The molecular weight excluding hydrogens is 517 g/mol. The van der Waals surface area contributed by atoms with Crippen molar-refractivity contribution in [3.63, 3.8) is 0 Å². The molecule has 1 fully saturated rings. The van der Waals surface area contributed by atoms with Gasteiger partial charge in [-0.1, -0.05) is 11.6 Å². The summed E-state index contributed by atoms with van der Waals surface area (Å²) in [7, 11) is 1.82. The number of hydrogen-bond acceptors (Lipinski definition) is 5. The fourth-order valence-corrected chi connectivity index (χ4v) is 5.74. The van der Waals surface area contributed by atoms with Gasteiger partial charge in [0.05, 0.1) is 12.0 Å². The average Bonchev–Trinajstić information content (AvgIpc) is 3.39. The van der Waals surface area contributed by atoms with E-state index in [2.05, 4.69) is 5.32 Å². The van der Waals surface area contributed by atoms with Crippen LogP contribution >= 0.6 is 11.6 Å². The lowest BCUT2D eigenvalue weighted by atomic mass is 9.91. The highest BCUT2D eigenvalue weighted by Crippen LogP contribution is 2.41. The molecule has 39 heavy (non-hydrogen) atoms. The Morgan fingerprint density at radius 2 is 1.95 bits per heavy atom. The number of nitrogens with two attached hydrogens (primary N) is 1. The molecular formula is C30H31ClFN5O2. The molecule has 9 heteroatoms. The van der Waals surface area contributed by atoms with Gasteiger partial charge >= 0.3 is 0 Å². The second-order valence-corrected chi connectivity index (χ2v) is 10.8. The normalized spacial score (nSPS) is 18.2. The number of rotatable bonds is 6. The highest BCUT2D eigenvalue weighted by atomic mass is 35.5. The summed E-state index contributed by atoms with van der Waals surface area (Å²) < 4.78 is 14.5. The highest BCUT2D eigenvalue weighted by Gasteiger charge is 2.36. The van der Waals surface area contributed by atoms with E-state index in [1.165, 1.54) is 6.07 Å². The predicted octanol–water partition coefficient (Wildman–Crippen LogP) is 5.29. The molecule has 0 aromatic heterocycles. The Hall–Kier alpha value is -3.75. The second-order valence-electron chi connectivity index (χ2n) is 10.4. The number of hydrogen-bond donors (Lipinski definition) is 2. The Morgan fingerprint density at radius 3 is 2.64 bits per heavy atom. The summed E-state index contributed by atoms with van der Waals surface area (Å²) in [5.41, 5.74) is 10.6. The highest BCUT2D eigenvalue weighted by molar-refractivity contribution is 6.31. The van der Waals surface area contributed by atoms with Crippen molar-refractivity contribution in [3.05, 3.63) is 81.6 Å². The van der Waals surface area contributed by atoms with E-state index in [1.54, 1.807) is 17.3 Å². The van der Waals surface area contributed by atoms with Crippen LogP contribution < -0.4 is 16.0 Å². The molecule has 2 aliphatic heterocycles. The lowest BCUT2D eigenvalue weighted by Gasteiger charge is -2.36. The zero-order chi connectivity index (χ0) is 27.8. The summed E-state index contributed by atoms with van der Waals surface area (Å²) in [6.07, 6.45) is 3.77. The van der Waals surface area contributed by atoms with E-state index in [-0.39, 0.29) is 17.5 Å². The first-order chi connectivity index (χ1) is 18.6. The molecule has 0 aliphatic carbocycles. The van der Waals surface area contributed by atoms with Crippen molar-refractivity contribution in [1.29, 1.82) is 0 Å². The molecule has 0 saturated carbocycles. The minimum Gasteiger partial charge on any atom is -0.366 e. The van der Waals surface area contributed by atoms with Crippen LogP contribution in [0.3, 0.4) is 0 Å². The lowest BCUT2D eigenvalue weighted by Crippen LogP contribution is -2.46. The van der Waals surface area contributed by atoms with Gasteiger partial charge in [-0.05, 0) is 104 Å². The molecule has 202 valence electrons. The first-order valence-corrected chi connectivity index (χ1v) is 13.3. The maximum atomic E-state index is 14.5. The molecule has 0 spiro atoms. The van der Waals surface area contributed by atoms with Gasteiger partial charge in [0.25, 0.3) is 0 Å². The summed E-state index contributed by atoms with van der Waals surface area (Å²) in [5, 5.41) is 4.01. The van der Waals surface area contributed by atoms with Crippen LogP contribution in [0, 0.1) is 19.7 Å². The number of carbonyl (C=O) groups excluding carboxylic acids is 2. The number of carbonyl (C=O) groups is 2. The van der Waals surface area contributed by atoms with E-state index in [9.17, 15) is 14.0 Å². The molecule has 7 nitrogen and oxygen atoms in total. The Kier molecular flexibility index (Phi) is 7.42. The van der Waals surface area contributed by atoms with E-state index in [0.29, 0.717) is 33.9 Å². The minimum absolute atomic E-state index is 0.0765. The zero-order valence-corrected chi connectivity index (χ0v) is 22.9. The number of benzene rings is 3. The number of fused-ring (bicyclic) bond motifs is 1. The third-order valence-electron chi connectivity index (χ3n) is 7.35. The van der Waals surface area contributed by atoms with Gasteiger partial charge in [0, 0.05) is 41.5 Å². The number of nitrogens with one attached hydrogen (secondary N) is 1. The van der Waals surface area contributed by atoms with Crippen LogP contribution in [-0.4, -0.2) is 49.2 Å². The van der Waals surface area contributed by atoms with Gasteiger partial charge in [0.1, 0.15) is 11.9 Å². The van der Waals surface area contributed by atoms with Gasteiger partial charge in [0.2, 0.25) is 11.8 Å². The molecule has 2 heterocycles. The van der Waals surface area contributed by atoms with E-state index in [4.69, 9.17) is 22.3 Å². The first kappa shape index (κ1) is 26.8. The molecule has 5 rings (SSSR count). The van der Waals surface area contributed by atoms with Crippen LogP contribution in [0.4, 0.5) is 15.8 Å². The Balaban J connectivity index is 1.63. The van der Waals surface area contributed by atoms with Crippen molar-refractivity contribution < 1.29 is 14.0 Å². The van der Waals surface area contributed by atoms with Crippen LogP contribution in [0.1, 0.15) is 45.9 Å². The summed E-state index contributed by atoms with van der Waals surface area (Å²) in [6.45, 7) is 5.36. The number of aryl methyl sites for hydroxylation is 2. The summed E-state index contributed by atoms with van der Waals surface area (Å²) in [5.74, 6) is -1.38. The van der Waals surface area contributed by atoms with E-state index >= 15 is 0 Å². The van der Waals surface area contributed by atoms with Crippen LogP contribution in [0.25, 0.3) is 11.1 Å². The van der Waals surface area contributed by atoms with Crippen molar-refractivity contribution in [2.75, 3.05) is 25.0 Å².